The van der Waals surface area contributed by atoms with Crippen LogP contribution >= 0.6 is 24.0 Å². The minimum atomic E-state index is -0.366. The third-order valence-electron chi connectivity index (χ3n) is 4.86. The van der Waals surface area contributed by atoms with Crippen molar-refractivity contribution < 1.29 is 19.1 Å². The van der Waals surface area contributed by atoms with Crippen LogP contribution in [0.3, 0.4) is 0 Å². The molecule has 0 aliphatic carbocycles. The maximum absolute atomic E-state index is 13.5. The van der Waals surface area contributed by atoms with Crippen LogP contribution < -0.4 is 19.3 Å². The highest BCUT2D eigenvalue weighted by Crippen LogP contribution is 2.47. The van der Waals surface area contributed by atoms with Gasteiger partial charge in [0, 0.05) is 18.2 Å². The van der Waals surface area contributed by atoms with Crippen LogP contribution in [0.25, 0.3) is 5.57 Å². The zero-order chi connectivity index (χ0) is 21.4. The highest BCUT2D eigenvalue weighted by molar-refractivity contribution is 8.27. The number of nitrogens with zero attached hydrogens (tertiary/aromatic N) is 2. The number of para-hydroxylation sites is 1. The van der Waals surface area contributed by atoms with Crippen LogP contribution in [-0.4, -0.2) is 36.9 Å². The molecule has 0 atom stereocenters. The van der Waals surface area contributed by atoms with Crippen molar-refractivity contribution in [1.82, 2.24) is 0 Å². The zero-order valence-corrected chi connectivity index (χ0v) is 18.0. The van der Waals surface area contributed by atoms with Crippen molar-refractivity contribution in [3.8, 4) is 11.5 Å². The fraction of sp³-hybridized carbons (Fsp3) is 0.136. The first-order valence-electron chi connectivity index (χ1n) is 9.06. The predicted molar refractivity (Wildman–Crippen MR) is 123 cm³/mol. The van der Waals surface area contributed by atoms with Gasteiger partial charge in [-0.3, -0.25) is 14.5 Å². The molecule has 0 spiro atoms. The van der Waals surface area contributed by atoms with Crippen LogP contribution in [0.1, 0.15) is 5.56 Å². The molecule has 2 aliphatic rings. The van der Waals surface area contributed by atoms with Crippen molar-refractivity contribution >= 4 is 57.1 Å². The number of amides is 2. The minimum absolute atomic E-state index is 0.241. The molecule has 2 aliphatic heterocycles. The number of benzene rings is 2. The summed E-state index contributed by atoms with van der Waals surface area (Å²) in [6.45, 7) is 4.08. The molecule has 0 bridgehead atoms. The van der Waals surface area contributed by atoms with Gasteiger partial charge in [0.15, 0.2) is 4.32 Å². The van der Waals surface area contributed by atoms with Crippen molar-refractivity contribution in [2.45, 2.75) is 0 Å². The molecule has 8 heteroatoms. The zero-order valence-electron chi connectivity index (χ0n) is 16.4. The summed E-state index contributed by atoms with van der Waals surface area (Å²) in [7, 11) is 3.06. The van der Waals surface area contributed by atoms with Crippen molar-refractivity contribution in [2.24, 2.45) is 0 Å². The number of carbonyl (C=O) groups excluding carboxylic acids is 2. The van der Waals surface area contributed by atoms with Gasteiger partial charge in [-0.25, -0.2) is 0 Å². The molecule has 0 N–H and O–H groups in total. The monoisotopic (exact) mass is 438 g/mol. The predicted octanol–water partition coefficient (Wildman–Crippen LogP) is 4.01. The van der Waals surface area contributed by atoms with Crippen LogP contribution in [0, 0.1) is 0 Å². The molecular formula is C22H18N2O4S2. The molecule has 0 unspecified atom stereocenters. The van der Waals surface area contributed by atoms with Gasteiger partial charge < -0.3 is 14.4 Å². The summed E-state index contributed by atoms with van der Waals surface area (Å²) in [5.41, 5.74) is 2.29. The van der Waals surface area contributed by atoms with E-state index >= 15 is 0 Å². The van der Waals surface area contributed by atoms with E-state index < -0.39 is 0 Å². The fourth-order valence-corrected chi connectivity index (χ4v) is 4.86. The number of anilines is 2. The van der Waals surface area contributed by atoms with E-state index in [0.717, 1.165) is 17.4 Å². The molecular weight excluding hydrogens is 420 g/mol. The number of thioether (sulfide) groups is 1. The van der Waals surface area contributed by atoms with E-state index in [1.807, 2.05) is 24.3 Å². The second-order valence-electron chi connectivity index (χ2n) is 6.47. The lowest BCUT2D eigenvalue weighted by atomic mass is 10.1. The minimum Gasteiger partial charge on any atom is -0.497 e. The van der Waals surface area contributed by atoms with Crippen molar-refractivity contribution in [3.63, 3.8) is 0 Å². The lowest BCUT2D eigenvalue weighted by Crippen LogP contribution is -2.29. The lowest BCUT2D eigenvalue weighted by Gasteiger charge is -2.18. The molecule has 0 saturated carbocycles. The average Bonchev–Trinajstić information content (AvgIpc) is 3.20. The van der Waals surface area contributed by atoms with Crippen molar-refractivity contribution in [3.05, 3.63) is 65.6 Å². The smallest absolute Gasteiger partial charge is 0.271 e. The molecule has 4 rings (SSSR count). The van der Waals surface area contributed by atoms with E-state index in [1.54, 1.807) is 36.3 Å². The van der Waals surface area contributed by atoms with Crippen molar-refractivity contribution in [2.75, 3.05) is 30.6 Å². The number of methoxy groups -OCH3 is 2. The summed E-state index contributed by atoms with van der Waals surface area (Å²) in [5.74, 6) is 0.432. The molecule has 0 aromatic heterocycles. The Hall–Kier alpha value is -3.10. The van der Waals surface area contributed by atoms with Gasteiger partial charge in [0.25, 0.3) is 11.8 Å². The lowest BCUT2D eigenvalue weighted by molar-refractivity contribution is -0.115. The van der Waals surface area contributed by atoms with E-state index in [-0.39, 0.29) is 11.8 Å². The van der Waals surface area contributed by atoms with Crippen LogP contribution in [0.5, 0.6) is 11.5 Å². The highest BCUT2D eigenvalue weighted by atomic mass is 32.2. The Kier molecular flexibility index (Phi) is 5.36. The maximum atomic E-state index is 13.5. The Bertz CT molecular complexity index is 1130. The number of fused-ring (bicyclic) bond motifs is 1. The molecule has 2 amide bonds. The molecule has 1 saturated heterocycles. The first-order valence-corrected chi connectivity index (χ1v) is 10.3. The topological polar surface area (TPSA) is 59.1 Å². The van der Waals surface area contributed by atoms with Gasteiger partial charge >= 0.3 is 0 Å². The number of ether oxygens (including phenoxy) is 2. The number of carbonyl (C=O) groups is 2. The first-order chi connectivity index (χ1) is 14.5. The molecule has 2 aromatic carbocycles. The Morgan fingerprint density at radius 3 is 2.53 bits per heavy atom. The number of thiocarbonyl (C=S) groups is 1. The number of hydrogen-bond donors (Lipinski definition) is 0. The summed E-state index contributed by atoms with van der Waals surface area (Å²) in [6.07, 6.45) is 1.66. The van der Waals surface area contributed by atoms with E-state index in [9.17, 15) is 9.59 Å². The Balaban J connectivity index is 1.85. The quantitative estimate of drug-likeness (QED) is 0.399. The van der Waals surface area contributed by atoms with Gasteiger partial charge in [0.05, 0.1) is 36.1 Å². The molecule has 6 nitrogen and oxygen atoms in total. The van der Waals surface area contributed by atoms with E-state index in [2.05, 4.69) is 6.58 Å². The van der Waals surface area contributed by atoms with Gasteiger partial charge in [-0.05, 0) is 18.2 Å². The summed E-state index contributed by atoms with van der Waals surface area (Å²) in [5, 5.41) is 0. The Labute approximate surface area is 183 Å². The number of rotatable bonds is 5. The van der Waals surface area contributed by atoms with Gasteiger partial charge in [0.2, 0.25) is 0 Å². The summed E-state index contributed by atoms with van der Waals surface area (Å²) < 4.78 is 11.0. The van der Waals surface area contributed by atoms with Crippen LogP contribution in [0.15, 0.2) is 60.0 Å². The standard InChI is InChI=1S/C22H18N2O4S2/c1-4-11-23-15-8-6-5-7-14(15)18(20(23)25)19-21(26)24(22(29)30-19)16-12-13(27-2)9-10-17(16)28-3/h4-10,12H,1,11H2,2-3H3/b19-18-. The molecule has 2 aromatic rings. The van der Waals surface area contributed by atoms with Gasteiger partial charge in [-0.1, -0.05) is 48.3 Å². The molecule has 1 fully saturated rings. The van der Waals surface area contributed by atoms with Crippen LogP contribution in [-0.2, 0) is 9.59 Å². The third-order valence-corrected chi connectivity index (χ3v) is 6.23. The van der Waals surface area contributed by atoms with Gasteiger partial charge in [-0.15, -0.1) is 6.58 Å². The van der Waals surface area contributed by atoms with E-state index in [1.165, 1.54) is 12.0 Å². The summed E-state index contributed by atoms with van der Waals surface area (Å²) in [4.78, 5) is 30.0. The second kappa shape index (κ2) is 7.97. The normalized spacial score (nSPS) is 18.1. The molecule has 0 radical (unpaired) electrons. The van der Waals surface area contributed by atoms with Crippen LogP contribution in [0.2, 0.25) is 0 Å². The fourth-order valence-electron chi connectivity index (χ4n) is 3.51. The Morgan fingerprint density at radius 2 is 1.83 bits per heavy atom. The number of hydrogen-bond acceptors (Lipinski definition) is 6. The van der Waals surface area contributed by atoms with Crippen LogP contribution in [0.4, 0.5) is 11.4 Å². The molecule has 2 heterocycles. The van der Waals surface area contributed by atoms with E-state index in [0.29, 0.717) is 44.1 Å². The SMILES string of the molecule is C=CCN1C(=O)/C(=C2\SC(=S)N(c3cc(OC)ccc3OC)C2=O)c2ccccc21. The van der Waals surface area contributed by atoms with Gasteiger partial charge in [-0.2, -0.15) is 0 Å². The summed E-state index contributed by atoms with van der Waals surface area (Å²) >= 11 is 6.63. The third kappa shape index (κ3) is 3.09. The average molecular weight is 439 g/mol. The largest absolute Gasteiger partial charge is 0.497 e. The molecule has 152 valence electrons. The maximum Gasteiger partial charge on any atom is 0.271 e. The van der Waals surface area contributed by atoms with E-state index in [4.69, 9.17) is 21.7 Å². The highest BCUT2D eigenvalue weighted by Gasteiger charge is 2.43. The van der Waals surface area contributed by atoms with Gasteiger partial charge in [0.1, 0.15) is 11.5 Å². The molecule has 30 heavy (non-hydrogen) atoms. The first kappa shape index (κ1) is 20.2. The van der Waals surface area contributed by atoms with Crippen molar-refractivity contribution in [1.29, 1.82) is 0 Å². The Morgan fingerprint density at radius 1 is 1.07 bits per heavy atom. The second-order valence-corrected chi connectivity index (χ2v) is 8.12. The summed E-state index contributed by atoms with van der Waals surface area (Å²) in [6, 6.07) is 12.5.